The molecule has 0 aliphatic heterocycles. The molecule has 0 saturated heterocycles. The van der Waals surface area contributed by atoms with Gasteiger partial charge in [0.1, 0.15) is 10.6 Å². The lowest BCUT2D eigenvalue weighted by Gasteiger charge is -2.15. The van der Waals surface area contributed by atoms with Crippen molar-refractivity contribution in [3.05, 3.63) is 52.0 Å². The van der Waals surface area contributed by atoms with Gasteiger partial charge < -0.3 is 10.1 Å². The topological polar surface area (TPSA) is 84.5 Å². The second kappa shape index (κ2) is 8.93. The van der Waals surface area contributed by atoms with Crippen LogP contribution < -0.4 is 14.8 Å². The first-order valence-corrected chi connectivity index (χ1v) is 10.4. The molecule has 6 nitrogen and oxygen atoms in total. The third-order valence-corrected chi connectivity index (χ3v) is 5.78. The third-order valence-electron chi connectivity index (χ3n) is 3.36. The van der Waals surface area contributed by atoms with Crippen molar-refractivity contribution in [3.8, 4) is 5.75 Å². The quantitative estimate of drug-likeness (QED) is 0.684. The predicted octanol–water partition coefficient (Wildman–Crippen LogP) is 4.33. The van der Waals surface area contributed by atoms with E-state index in [-0.39, 0.29) is 22.3 Å². The molecule has 0 heterocycles. The van der Waals surface area contributed by atoms with E-state index < -0.39 is 15.9 Å². The van der Waals surface area contributed by atoms with Gasteiger partial charge in [-0.2, -0.15) is 0 Å². The van der Waals surface area contributed by atoms with Gasteiger partial charge in [-0.15, -0.1) is 0 Å². The summed E-state index contributed by atoms with van der Waals surface area (Å²) in [5.74, 6) is -0.311. The third kappa shape index (κ3) is 5.59. The number of halogens is 2. The largest absolute Gasteiger partial charge is 0.492 e. The Morgan fingerprint density at radius 2 is 1.81 bits per heavy atom. The Labute approximate surface area is 168 Å². The highest BCUT2D eigenvalue weighted by molar-refractivity contribution is 7.89. The van der Waals surface area contributed by atoms with Crippen molar-refractivity contribution in [1.29, 1.82) is 0 Å². The highest BCUT2D eigenvalue weighted by Gasteiger charge is 2.23. The number of hydrogen-bond acceptors (Lipinski definition) is 4. The average molecular weight is 431 g/mol. The molecule has 0 aliphatic rings. The average Bonchev–Trinajstić information content (AvgIpc) is 2.57. The van der Waals surface area contributed by atoms with Crippen LogP contribution in [0, 0.1) is 0 Å². The van der Waals surface area contributed by atoms with Gasteiger partial charge in [0, 0.05) is 17.3 Å². The van der Waals surface area contributed by atoms with E-state index in [0.717, 1.165) is 0 Å². The zero-order valence-electron chi connectivity index (χ0n) is 15.0. The van der Waals surface area contributed by atoms with Crippen LogP contribution in [0.3, 0.4) is 0 Å². The Balaban J connectivity index is 2.38. The number of carbonyl (C=O) groups is 1. The summed E-state index contributed by atoms with van der Waals surface area (Å²) in [6.07, 6.45) is 0. The lowest BCUT2D eigenvalue weighted by Crippen LogP contribution is -2.30. The number of rotatable bonds is 7. The summed E-state index contributed by atoms with van der Waals surface area (Å²) >= 11 is 11.8. The molecular weight excluding hydrogens is 411 g/mol. The smallest absolute Gasteiger partial charge is 0.255 e. The fourth-order valence-electron chi connectivity index (χ4n) is 2.28. The number of anilines is 1. The number of ether oxygens (including phenoxy) is 1. The molecular formula is C18H20Cl2N2O4S. The van der Waals surface area contributed by atoms with E-state index in [1.54, 1.807) is 32.9 Å². The van der Waals surface area contributed by atoms with Crippen LogP contribution >= 0.6 is 23.2 Å². The SMILES string of the molecule is CCOc1ccc(C(=O)Nc2ccc(Cl)c(Cl)c2)cc1S(=O)(=O)NC(C)C. The summed E-state index contributed by atoms with van der Waals surface area (Å²) in [7, 11) is -3.85. The number of nitrogens with one attached hydrogen (secondary N) is 2. The van der Waals surface area contributed by atoms with Crippen molar-refractivity contribution in [2.24, 2.45) is 0 Å². The molecule has 0 aliphatic carbocycles. The van der Waals surface area contributed by atoms with Crippen LogP contribution in [0.1, 0.15) is 31.1 Å². The van der Waals surface area contributed by atoms with Gasteiger partial charge in [0.15, 0.2) is 0 Å². The Morgan fingerprint density at radius 1 is 1.11 bits per heavy atom. The summed E-state index contributed by atoms with van der Waals surface area (Å²) in [5, 5.41) is 3.32. The van der Waals surface area contributed by atoms with Crippen LogP contribution in [0.5, 0.6) is 5.75 Å². The molecule has 0 fully saturated rings. The van der Waals surface area contributed by atoms with Gasteiger partial charge in [-0.1, -0.05) is 23.2 Å². The molecule has 9 heteroatoms. The molecule has 2 rings (SSSR count). The number of benzene rings is 2. The maximum absolute atomic E-state index is 12.6. The molecule has 146 valence electrons. The Kier molecular flexibility index (Phi) is 7.11. The highest BCUT2D eigenvalue weighted by Crippen LogP contribution is 2.28. The fraction of sp³-hybridized carbons (Fsp3) is 0.278. The van der Waals surface area contributed by atoms with E-state index in [1.807, 2.05) is 0 Å². The first-order chi connectivity index (χ1) is 12.6. The molecule has 2 aromatic rings. The number of sulfonamides is 1. The predicted molar refractivity (Wildman–Crippen MR) is 107 cm³/mol. The summed E-state index contributed by atoms with van der Waals surface area (Å²) in [5.41, 5.74) is 0.599. The molecule has 27 heavy (non-hydrogen) atoms. The van der Waals surface area contributed by atoms with Crippen molar-refractivity contribution in [2.75, 3.05) is 11.9 Å². The van der Waals surface area contributed by atoms with Gasteiger partial charge in [0.25, 0.3) is 5.91 Å². The molecule has 0 saturated carbocycles. The van der Waals surface area contributed by atoms with Gasteiger partial charge in [-0.25, -0.2) is 13.1 Å². The van der Waals surface area contributed by atoms with Crippen molar-refractivity contribution in [2.45, 2.75) is 31.7 Å². The Hall–Kier alpha value is -1.80. The minimum atomic E-state index is -3.85. The van der Waals surface area contributed by atoms with E-state index in [4.69, 9.17) is 27.9 Å². The molecule has 2 aromatic carbocycles. The molecule has 2 N–H and O–H groups in total. The molecule has 0 atom stereocenters. The van der Waals surface area contributed by atoms with Crippen LogP contribution in [0.2, 0.25) is 10.0 Å². The van der Waals surface area contributed by atoms with Crippen LogP contribution in [0.4, 0.5) is 5.69 Å². The van der Waals surface area contributed by atoms with Crippen molar-refractivity contribution in [3.63, 3.8) is 0 Å². The van der Waals surface area contributed by atoms with Crippen molar-refractivity contribution >= 4 is 44.8 Å². The van der Waals surface area contributed by atoms with E-state index in [0.29, 0.717) is 22.3 Å². The molecule has 0 aromatic heterocycles. The Morgan fingerprint density at radius 3 is 2.41 bits per heavy atom. The molecule has 0 radical (unpaired) electrons. The summed E-state index contributed by atoms with van der Waals surface area (Å²) in [4.78, 5) is 12.4. The number of amides is 1. The molecule has 0 spiro atoms. The monoisotopic (exact) mass is 430 g/mol. The highest BCUT2D eigenvalue weighted by atomic mass is 35.5. The lowest BCUT2D eigenvalue weighted by molar-refractivity contribution is 0.102. The zero-order valence-corrected chi connectivity index (χ0v) is 17.4. The Bertz CT molecular complexity index is 946. The minimum Gasteiger partial charge on any atom is -0.492 e. The van der Waals surface area contributed by atoms with Gasteiger partial charge in [-0.3, -0.25) is 4.79 Å². The van der Waals surface area contributed by atoms with Gasteiger partial charge in [-0.05, 0) is 57.2 Å². The second-order valence-corrected chi connectivity index (χ2v) is 8.45. The molecule has 0 bridgehead atoms. The number of carbonyl (C=O) groups excluding carboxylic acids is 1. The van der Waals surface area contributed by atoms with Crippen LogP contribution in [-0.4, -0.2) is 27.0 Å². The van der Waals surface area contributed by atoms with E-state index in [9.17, 15) is 13.2 Å². The van der Waals surface area contributed by atoms with E-state index >= 15 is 0 Å². The minimum absolute atomic E-state index is 0.0974. The van der Waals surface area contributed by atoms with Crippen LogP contribution in [0.25, 0.3) is 0 Å². The summed E-state index contributed by atoms with van der Waals surface area (Å²) in [6.45, 7) is 5.45. The zero-order chi connectivity index (χ0) is 20.2. The maximum atomic E-state index is 12.6. The van der Waals surface area contributed by atoms with Gasteiger partial charge >= 0.3 is 0 Å². The van der Waals surface area contributed by atoms with Crippen molar-refractivity contribution < 1.29 is 17.9 Å². The van der Waals surface area contributed by atoms with E-state index in [1.165, 1.54) is 24.3 Å². The maximum Gasteiger partial charge on any atom is 0.255 e. The normalized spacial score (nSPS) is 11.5. The first kappa shape index (κ1) is 21.5. The molecule has 1 amide bonds. The van der Waals surface area contributed by atoms with Crippen LogP contribution in [-0.2, 0) is 10.0 Å². The summed E-state index contributed by atoms with van der Waals surface area (Å²) in [6, 6.07) is 8.59. The lowest BCUT2D eigenvalue weighted by atomic mass is 10.2. The standard InChI is InChI=1S/C18H20Cl2N2O4S/c1-4-26-16-8-5-12(9-17(16)27(24,25)22-11(2)3)18(23)21-13-6-7-14(19)15(20)10-13/h5-11,22H,4H2,1-3H3,(H,21,23). The van der Waals surface area contributed by atoms with Gasteiger partial charge in [0.2, 0.25) is 10.0 Å². The first-order valence-electron chi connectivity index (χ1n) is 8.19. The molecule has 0 unspecified atom stereocenters. The number of hydrogen-bond donors (Lipinski definition) is 2. The summed E-state index contributed by atoms with van der Waals surface area (Å²) < 4.78 is 33.1. The van der Waals surface area contributed by atoms with Crippen LogP contribution in [0.15, 0.2) is 41.3 Å². The second-order valence-electron chi connectivity index (χ2n) is 5.95. The van der Waals surface area contributed by atoms with Crippen molar-refractivity contribution in [1.82, 2.24) is 4.72 Å². The van der Waals surface area contributed by atoms with E-state index in [2.05, 4.69) is 10.0 Å². The van der Waals surface area contributed by atoms with Gasteiger partial charge in [0.05, 0.1) is 16.7 Å². The fourth-order valence-corrected chi connectivity index (χ4v) is 4.00.